The maximum Gasteiger partial charge on any atom is 0.237 e. The zero-order chi connectivity index (χ0) is 19.6. The van der Waals surface area contributed by atoms with E-state index in [9.17, 15) is 4.79 Å². The minimum atomic E-state index is -0.416. The smallest absolute Gasteiger partial charge is 0.237 e. The molecule has 0 aliphatic carbocycles. The van der Waals surface area contributed by atoms with Gasteiger partial charge in [0.15, 0.2) is 5.82 Å². The number of benzene rings is 2. The fourth-order valence-corrected chi connectivity index (χ4v) is 3.39. The van der Waals surface area contributed by atoms with E-state index in [0.717, 1.165) is 16.7 Å². The molecule has 0 spiro atoms. The Morgan fingerprint density at radius 2 is 1.89 bits per heavy atom. The quantitative estimate of drug-likeness (QED) is 0.497. The molecular weight excluding hydrogens is 382 g/mol. The third kappa shape index (κ3) is 4.26. The molecular formula is C19H20ClN5OS. The predicted octanol–water partition coefficient (Wildman–Crippen LogP) is 4.05. The van der Waals surface area contributed by atoms with Gasteiger partial charge in [0.05, 0.1) is 5.25 Å². The number of carbonyl (C=O) groups is 1. The lowest BCUT2D eigenvalue weighted by atomic mass is 10.1. The zero-order valence-electron chi connectivity index (χ0n) is 15.2. The lowest BCUT2D eigenvalue weighted by Gasteiger charge is -2.13. The average molecular weight is 402 g/mol. The Morgan fingerprint density at radius 1 is 1.19 bits per heavy atom. The number of anilines is 1. The molecule has 3 rings (SSSR count). The number of rotatable bonds is 5. The average Bonchev–Trinajstić information content (AvgIpc) is 3.00. The summed E-state index contributed by atoms with van der Waals surface area (Å²) in [6, 6.07) is 13.3. The Morgan fingerprint density at radius 3 is 2.59 bits per heavy atom. The summed E-state index contributed by atoms with van der Waals surface area (Å²) in [7, 11) is 0. The maximum atomic E-state index is 12.5. The summed E-state index contributed by atoms with van der Waals surface area (Å²) in [6.07, 6.45) is 0. The molecule has 1 heterocycles. The van der Waals surface area contributed by atoms with Crippen LogP contribution in [0.25, 0.3) is 11.4 Å². The minimum absolute atomic E-state index is 0.162. The maximum absolute atomic E-state index is 12.5. The highest BCUT2D eigenvalue weighted by Gasteiger charge is 2.20. The van der Waals surface area contributed by atoms with Crippen LogP contribution in [-0.4, -0.2) is 26.0 Å². The van der Waals surface area contributed by atoms with Crippen molar-refractivity contribution in [2.45, 2.75) is 31.2 Å². The number of aromatic nitrogens is 3. The fraction of sp³-hybridized carbons (Fsp3) is 0.211. The molecule has 0 aliphatic rings. The van der Waals surface area contributed by atoms with Crippen LogP contribution in [0, 0.1) is 13.8 Å². The summed E-state index contributed by atoms with van der Waals surface area (Å²) in [5.74, 6) is 6.53. The summed E-state index contributed by atoms with van der Waals surface area (Å²) in [5, 5.41) is 11.8. The number of nitrogen functional groups attached to an aromatic ring is 1. The van der Waals surface area contributed by atoms with Gasteiger partial charge in [-0.3, -0.25) is 4.79 Å². The van der Waals surface area contributed by atoms with Gasteiger partial charge in [-0.15, -0.1) is 10.2 Å². The Balaban J connectivity index is 1.72. The standard InChI is InChI=1S/C19H20ClN5OS/c1-11-7-9-14(10-8-11)17-23-24-19(25(17)21)27-13(3)18(26)22-16-6-4-5-15(20)12(16)2/h4-10,13H,21H2,1-3H3,(H,22,26)/t13-/m0/s1. The largest absolute Gasteiger partial charge is 0.335 e. The summed E-state index contributed by atoms with van der Waals surface area (Å²) in [4.78, 5) is 12.5. The number of thioether (sulfide) groups is 1. The van der Waals surface area contributed by atoms with E-state index in [-0.39, 0.29) is 5.91 Å². The number of nitrogens with one attached hydrogen (secondary N) is 1. The SMILES string of the molecule is Cc1ccc(-c2nnc(S[C@@H](C)C(=O)Nc3cccc(Cl)c3C)n2N)cc1. The first-order valence-corrected chi connectivity index (χ1v) is 9.62. The molecule has 1 aromatic heterocycles. The van der Waals surface area contributed by atoms with Crippen LogP contribution in [0.5, 0.6) is 0 Å². The molecule has 3 N–H and O–H groups in total. The van der Waals surface area contributed by atoms with Gasteiger partial charge < -0.3 is 11.2 Å². The van der Waals surface area contributed by atoms with E-state index in [1.54, 1.807) is 19.1 Å². The first-order chi connectivity index (χ1) is 12.9. The topological polar surface area (TPSA) is 85.8 Å². The second-order valence-electron chi connectivity index (χ2n) is 6.20. The van der Waals surface area contributed by atoms with Gasteiger partial charge >= 0.3 is 0 Å². The van der Waals surface area contributed by atoms with Crippen molar-refractivity contribution >= 4 is 35.0 Å². The molecule has 2 aromatic carbocycles. The van der Waals surface area contributed by atoms with Crippen LogP contribution in [0.15, 0.2) is 47.6 Å². The molecule has 1 amide bonds. The molecule has 140 valence electrons. The summed E-state index contributed by atoms with van der Waals surface area (Å²) in [6.45, 7) is 5.67. The van der Waals surface area contributed by atoms with Gasteiger partial charge in [0.25, 0.3) is 0 Å². The number of amides is 1. The highest BCUT2D eigenvalue weighted by atomic mass is 35.5. The van der Waals surface area contributed by atoms with E-state index >= 15 is 0 Å². The number of carbonyl (C=O) groups excluding carboxylic acids is 1. The lowest BCUT2D eigenvalue weighted by Crippen LogP contribution is -2.24. The van der Waals surface area contributed by atoms with E-state index in [4.69, 9.17) is 17.4 Å². The summed E-state index contributed by atoms with van der Waals surface area (Å²) < 4.78 is 1.41. The number of nitrogens with zero attached hydrogens (tertiary/aromatic N) is 3. The molecule has 27 heavy (non-hydrogen) atoms. The van der Waals surface area contributed by atoms with E-state index in [0.29, 0.717) is 21.7 Å². The van der Waals surface area contributed by atoms with Gasteiger partial charge in [0, 0.05) is 16.3 Å². The van der Waals surface area contributed by atoms with Crippen molar-refractivity contribution in [3.8, 4) is 11.4 Å². The van der Waals surface area contributed by atoms with Crippen molar-refractivity contribution in [2.24, 2.45) is 0 Å². The van der Waals surface area contributed by atoms with E-state index in [2.05, 4.69) is 15.5 Å². The highest BCUT2D eigenvalue weighted by Crippen LogP contribution is 2.27. The molecule has 0 aliphatic heterocycles. The third-order valence-electron chi connectivity index (χ3n) is 4.15. The van der Waals surface area contributed by atoms with E-state index in [1.165, 1.54) is 16.4 Å². The molecule has 0 saturated heterocycles. The molecule has 0 radical (unpaired) electrons. The van der Waals surface area contributed by atoms with Crippen molar-refractivity contribution in [1.29, 1.82) is 0 Å². The van der Waals surface area contributed by atoms with Crippen LogP contribution in [0.3, 0.4) is 0 Å². The van der Waals surface area contributed by atoms with Gasteiger partial charge in [0.2, 0.25) is 11.1 Å². The molecule has 3 aromatic rings. The summed E-state index contributed by atoms with van der Waals surface area (Å²) in [5.41, 5.74) is 3.54. The van der Waals surface area contributed by atoms with Gasteiger partial charge in [-0.05, 0) is 38.5 Å². The van der Waals surface area contributed by atoms with Crippen molar-refractivity contribution in [3.63, 3.8) is 0 Å². The number of hydrogen-bond donors (Lipinski definition) is 2. The van der Waals surface area contributed by atoms with Crippen LogP contribution in [0.1, 0.15) is 18.1 Å². The molecule has 1 atom stereocenters. The van der Waals surface area contributed by atoms with Crippen molar-refractivity contribution in [1.82, 2.24) is 14.9 Å². The van der Waals surface area contributed by atoms with Gasteiger partial charge in [-0.25, -0.2) is 4.68 Å². The number of hydrogen-bond acceptors (Lipinski definition) is 5. The van der Waals surface area contributed by atoms with Crippen LogP contribution in [0.2, 0.25) is 5.02 Å². The van der Waals surface area contributed by atoms with Crippen LogP contribution < -0.4 is 11.2 Å². The lowest BCUT2D eigenvalue weighted by molar-refractivity contribution is -0.115. The van der Waals surface area contributed by atoms with Crippen molar-refractivity contribution < 1.29 is 4.79 Å². The molecule has 0 saturated carbocycles. The predicted molar refractivity (Wildman–Crippen MR) is 110 cm³/mol. The molecule has 0 fully saturated rings. The van der Waals surface area contributed by atoms with Crippen LogP contribution in [0.4, 0.5) is 5.69 Å². The normalized spacial score (nSPS) is 12.0. The number of aryl methyl sites for hydroxylation is 1. The van der Waals surface area contributed by atoms with Gasteiger partial charge in [0.1, 0.15) is 0 Å². The highest BCUT2D eigenvalue weighted by molar-refractivity contribution is 8.00. The van der Waals surface area contributed by atoms with Crippen LogP contribution in [-0.2, 0) is 4.79 Å². The molecule has 0 unspecified atom stereocenters. The molecule has 6 nitrogen and oxygen atoms in total. The zero-order valence-corrected chi connectivity index (χ0v) is 16.8. The van der Waals surface area contributed by atoms with Crippen LogP contribution >= 0.6 is 23.4 Å². The van der Waals surface area contributed by atoms with Crippen molar-refractivity contribution in [3.05, 3.63) is 58.6 Å². The second kappa shape index (κ2) is 8.02. The monoisotopic (exact) mass is 401 g/mol. The third-order valence-corrected chi connectivity index (χ3v) is 5.62. The fourth-order valence-electron chi connectivity index (χ4n) is 2.45. The van der Waals surface area contributed by atoms with Gasteiger partial charge in [-0.1, -0.05) is 59.3 Å². The Bertz CT molecular complexity index is 971. The van der Waals surface area contributed by atoms with E-state index < -0.39 is 5.25 Å². The summed E-state index contributed by atoms with van der Waals surface area (Å²) >= 11 is 7.35. The Labute approximate surface area is 167 Å². The number of nitrogens with two attached hydrogens (primary N) is 1. The van der Waals surface area contributed by atoms with Crippen molar-refractivity contribution in [2.75, 3.05) is 11.2 Å². The molecule has 0 bridgehead atoms. The molecule has 8 heteroatoms. The Kier molecular flexibility index (Phi) is 5.72. The second-order valence-corrected chi connectivity index (χ2v) is 7.92. The first kappa shape index (κ1) is 19.3. The minimum Gasteiger partial charge on any atom is -0.335 e. The van der Waals surface area contributed by atoms with Gasteiger partial charge in [-0.2, -0.15) is 0 Å². The number of halogens is 1. The first-order valence-electron chi connectivity index (χ1n) is 8.37. The van der Waals surface area contributed by atoms with E-state index in [1.807, 2.05) is 44.2 Å². The Hall–Kier alpha value is -2.51.